The summed E-state index contributed by atoms with van der Waals surface area (Å²) in [7, 11) is 0. The van der Waals surface area contributed by atoms with Crippen molar-refractivity contribution in [2.24, 2.45) is 11.8 Å². The number of hydrogen-bond donors (Lipinski definition) is 0. The molecule has 0 amide bonds. The molecular formula is C13H27. The Hall–Kier alpha value is 0. The van der Waals surface area contributed by atoms with Crippen LogP contribution in [0.5, 0.6) is 0 Å². The normalized spacial score (nSPS) is 13.6. The monoisotopic (exact) mass is 183 g/mol. The van der Waals surface area contributed by atoms with Gasteiger partial charge in [-0.1, -0.05) is 59.8 Å². The van der Waals surface area contributed by atoms with E-state index in [-0.39, 0.29) is 0 Å². The van der Waals surface area contributed by atoms with Gasteiger partial charge in [0, 0.05) is 0 Å². The van der Waals surface area contributed by atoms with Crippen LogP contribution in [0.4, 0.5) is 0 Å². The molecule has 1 atom stereocenters. The van der Waals surface area contributed by atoms with E-state index in [4.69, 9.17) is 0 Å². The zero-order chi connectivity index (χ0) is 10.1. The summed E-state index contributed by atoms with van der Waals surface area (Å²) in [6.45, 7) is 9.13. The molecule has 1 unspecified atom stereocenters. The lowest BCUT2D eigenvalue weighted by molar-refractivity contribution is 0.426. The SMILES string of the molecule is C[CH]C(CCCCC)CCC(C)C. The van der Waals surface area contributed by atoms with Crippen molar-refractivity contribution in [3.05, 3.63) is 6.42 Å². The first kappa shape index (κ1) is 13.0. The van der Waals surface area contributed by atoms with E-state index < -0.39 is 0 Å². The van der Waals surface area contributed by atoms with Gasteiger partial charge in [0.15, 0.2) is 0 Å². The third-order valence-electron chi connectivity index (χ3n) is 2.76. The first-order valence-electron chi connectivity index (χ1n) is 6.00. The van der Waals surface area contributed by atoms with E-state index in [1.807, 2.05) is 0 Å². The lowest BCUT2D eigenvalue weighted by Gasteiger charge is -2.15. The van der Waals surface area contributed by atoms with Gasteiger partial charge in [-0.3, -0.25) is 0 Å². The summed E-state index contributed by atoms with van der Waals surface area (Å²) in [5, 5.41) is 0. The molecule has 0 aromatic rings. The van der Waals surface area contributed by atoms with E-state index in [2.05, 4.69) is 34.1 Å². The van der Waals surface area contributed by atoms with Crippen molar-refractivity contribution in [1.82, 2.24) is 0 Å². The van der Waals surface area contributed by atoms with Gasteiger partial charge >= 0.3 is 0 Å². The molecule has 0 saturated heterocycles. The smallest absolute Gasteiger partial charge is 0.0386 e. The highest BCUT2D eigenvalue weighted by Crippen LogP contribution is 2.20. The van der Waals surface area contributed by atoms with E-state index >= 15 is 0 Å². The molecule has 79 valence electrons. The molecular weight excluding hydrogens is 156 g/mol. The maximum absolute atomic E-state index is 2.40. The summed E-state index contributed by atoms with van der Waals surface area (Å²) in [6.07, 6.45) is 10.8. The number of rotatable bonds is 8. The molecule has 0 spiro atoms. The standard InChI is InChI=1S/C13H27/c1-5-7-8-9-13(6-2)11-10-12(3)4/h6,12-13H,5,7-11H2,1-4H3. The maximum atomic E-state index is 2.40. The summed E-state index contributed by atoms with van der Waals surface area (Å²) in [5.41, 5.74) is 0. The van der Waals surface area contributed by atoms with Crippen molar-refractivity contribution in [3.63, 3.8) is 0 Å². The molecule has 0 aromatic carbocycles. The van der Waals surface area contributed by atoms with Crippen molar-refractivity contribution in [2.75, 3.05) is 0 Å². The van der Waals surface area contributed by atoms with Gasteiger partial charge in [0.05, 0.1) is 0 Å². The minimum Gasteiger partial charge on any atom is -0.0654 e. The average Bonchev–Trinajstić information content (AvgIpc) is 2.10. The molecule has 0 nitrogen and oxygen atoms in total. The van der Waals surface area contributed by atoms with Crippen molar-refractivity contribution in [3.8, 4) is 0 Å². The summed E-state index contributed by atoms with van der Waals surface area (Å²) in [4.78, 5) is 0. The van der Waals surface area contributed by atoms with Crippen LogP contribution in [0.1, 0.15) is 66.2 Å². The Kier molecular flexibility index (Phi) is 8.59. The Morgan fingerprint density at radius 2 is 1.69 bits per heavy atom. The van der Waals surface area contributed by atoms with Crippen LogP contribution in [0.2, 0.25) is 0 Å². The minimum atomic E-state index is 0.869. The predicted molar refractivity (Wildman–Crippen MR) is 61.7 cm³/mol. The summed E-state index contributed by atoms with van der Waals surface area (Å²) in [5.74, 6) is 1.75. The first-order valence-corrected chi connectivity index (χ1v) is 6.00. The van der Waals surface area contributed by atoms with Gasteiger partial charge in [-0.25, -0.2) is 0 Å². The molecule has 0 N–H and O–H groups in total. The van der Waals surface area contributed by atoms with Crippen LogP contribution in [-0.2, 0) is 0 Å². The van der Waals surface area contributed by atoms with Crippen molar-refractivity contribution in [2.45, 2.75) is 66.2 Å². The Morgan fingerprint density at radius 1 is 1.00 bits per heavy atom. The molecule has 0 aromatic heterocycles. The summed E-state index contributed by atoms with van der Waals surface area (Å²) < 4.78 is 0. The molecule has 0 aliphatic heterocycles. The van der Waals surface area contributed by atoms with Crippen molar-refractivity contribution in [1.29, 1.82) is 0 Å². The van der Waals surface area contributed by atoms with E-state index in [0.717, 1.165) is 11.8 Å². The van der Waals surface area contributed by atoms with Crippen LogP contribution in [0.3, 0.4) is 0 Å². The second kappa shape index (κ2) is 8.59. The van der Waals surface area contributed by atoms with Gasteiger partial charge in [0.25, 0.3) is 0 Å². The average molecular weight is 183 g/mol. The first-order chi connectivity index (χ1) is 6.20. The zero-order valence-corrected chi connectivity index (χ0v) is 9.97. The lowest BCUT2D eigenvalue weighted by Crippen LogP contribution is -2.01. The topological polar surface area (TPSA) is 0 Å². The van der Waals surface area contributed by atoms with Crippen LogP contribution in [0.15, 0.2) is 0 Å². The largest absolute Gasteiger partial charge is 0.0654 e. The fraction of sp³-hybridized carbons (Fsp3) is 0.923. The van der Waals surface area contributed by atoms with Crippen molar-refractivity contribution < 1.29 is 0 Å². The Morgan fingerprint density at radius 3 is 2.15 bits per heavy atom. The van der Waals surface area contributed by atoms with Gasteiger partial charge < -0.3 is 0 Å². The van der Waals surface area contributed by atoms with Gasteiger partial charge in [0.1, 0.15) is 0 Å². The summed E-state index contributed by atoms with van der Waals surface area (Å²) >= 11 is 0. The van der Waals surface area contributed by atoms with Gasteiger partial charge in [-0.2, -0.15) is 0 Å². The zero-order valence-electron chi connectivity index (χ0n) is 9.97. The molecule has 0 bridgehead atoms. The quantitative estimate of drug-likeness (QED) is 0.472. The Bertz CT molecular complexity index is 94.2. The van der Waals surface area contributed by atoms with Gasteiger partial charge in [0.2, 0.25) is 0 Å². The van der Waals surface area contributed by atoms with Gasteiger partial charge in [-0.15, -0.1) is 0 Å². The van der Waals surface area contributed by atoms with Crippen LogP contribution >= 0.6 is 0 Å². The third kappa shape index (κ3) is 8.33. The van der Waals surface area contributed by atoms with E-state index in [0.29, 0.717) is 0 Å². The molecule has 0 rings (SSSR count). The number of hydrogen-bond acceptors (Lipinski definition) is 0. The molecule has 0 aliphatic carbocycles. The van der Waals surface area contributed by atoms with Crippen LogP contribution in [-0.4, -0.2) is 0 Å². The van der Waals surface area contributed by atoms with Crippen LogP contribution in [0, 0.1) is 18.3 Å². The molecule has 0 heteroatoms. The van der Waals surface area contributed by atoms with E-state index in [1.54, 1.807) is 0 Å². The fourth-order valence-corrected chi connectivity index (χ4v) is 1.68. The Labute approximate surface area is 85.1 Å². The molecule has 13 heavy (non-hydrogen) atoms. The number of unbranched alkanes of at least 4 members (excludes halogenated alkanes) is 2. The van der Waals surface area contributed by atoms with Crippen LogP contribution in [0.25, 0.3) is 0 Å². The molecule has 0 saturated carbocycles. The van der Waals surface area contributed by atoms with Crippen molar-refractivity contribution >= 4 is 0 Å². The van der Waals surface area contributed by atoms with Gasteiger partial charge in [-0.05, 0) is 24.7 Å². The third-order valence-corrected chi connectivity index (χ3v) is 2.76. The Balaban J connectivity index is 3.39. The minimum absolute atomic E-state index is 0.869. The molecule has 0 aliphatic rings. The molecule has 1 radical (unpaired) electrons. The lowest BCUT2D eigenvalue weighted by atomic mass is 9.91. The fourth-order valence-electron chi connectivity index (χ4n) is 1.68. The summed E-state index contributed by atoms with van der Waals surface area (Å²) in [6, 6.07) is 0. The highest BCUT2D eigenvalue weighted by molar-refractivity contribution is 4.71. The predicted octanol–water partition coefficient (Wildman–Crippen LogP) is 4.84. The second-order valence-electron chi connectivity index (χ2n) is 4.56. The molecule has 0 fully saturated rings. The van der Waals surface area contributed by atoms with Crippen LogP contribution < -0.4 is 0 Å². The highest BCUT2D eigenvalue weighted by atomic mass is 14.1. The molecule has 0 heterocycles. The second-order valence-corrected chi connectivity index (χ2v) is 4.56. The maximum Gasteiger partial charge on any atom is -0.0386 e. The van der Waals surface area contributed by atoms with E-state index in [1.165, 1.54) is 38.5 Å². The highest BCUT2D eigenvalue weighted by Gasteiger charge is 2.06. The van der Waals surface area contributed by atoms with E-state index in [9.17, 15) is 0 Å².